The Morgan fingerprint density at radius 2 is 0.827 bits per heavy atom. The van der Waals surface area contributed by atoms with E-state index in [0.717, 1.165) is 57.8 Å². The maximum atomic E-state index is 12.2. The third-order valence-electron chi connectivity index (χ3n) is 9.33. The molecule has 0 rings (SSSR count). The van der Waals surface area contributed by atoms with Crippen molar-refractivity contribution >= 4 is 11.9 Å². The van der Waals surface area contributed by atoms with Crippen molar-refractivity contribution in [3.63, 3.8) is 0 Å². The Kier molecular flexibility index (Phi) is 41.0. The number of hydrogen-bond acceptors (Lipinski definition) is 5. The second-order valence-corrected chi connectivity index (χ2v) is 14.4. The van der Waals surface area contributed by atoms with E-state index in [4.69, 9.17) is 9.47 Å². The maximum Gasteiger partial charge on any atom is 0.306 e. The number of rotatable bonds is 39. The molecule has 0 heterocycles. The van der Waals surface area contributed by atoms with Crippen LogP contribution in [0.1, 0.15) is 206 Å². The predicted octanol–water partition coefficient (Wildman–Crippen LogP) is 14.0. The van der Waals surface area contributed by atoms with E-state index in [2.05, 4.69) is 74.6 Å². The predicted molar refractivity (Wildman–Crippen MR) is 223 cm³/mol. The van der Waals surface area contributed by atoms with Gasteiger partial charge in [0.15, 0.2) is 6.10 Å². The van der Waals surface area contributed by atoms with Gasteiger partial charge in [-0.1, -0.05) is 203 Å². The van der Waals surface area contributed by atoms with Crippen LogP contribution in [0.15, 0.2) is 60.8 Å². The molecule has 52 heavy (non-hydrogen) atoms. The molecule has 0 aliphatic rings. The van der Waals surface area contributed by atoms with E-state index in [0.29, 0.717) is 12.8 Å². The number of unbranched alkanes of at least 4 members (excludes halogenated alkanes) is 21. The monoisotopic (exact) mass is 727 g/mol. The van der Waals surface area contributed by atoms with Gasteiger partial charge in [-0.05, 0) is 51.4 Å². The van der Waals surface area contributed by atoms with Gasteiger partial charge in [0, 0.05) is 12.8 Å². The minimum atomic E-state index is -0.801. The lowest BCUT2D eigenvalue weighted by Gasteiger charge is -2.15. The van der Waals surface area contributed by atoms with Gasteiger partial charge in [0.1, 0.15) is 6.61 Å². The van der Waals surface area contributed by atoms with Crippen LogP contribution in [-0.2, 0) is 19.1 Å². The molecule has 0 spiro atoms. The molecule has 0 saturated heterocycles. The zero-order valence-corrected chi connectivity index (χ0v) is 34.1. The smallest absolute Gasteiger partial charge is 0.306 e. The van der Waals surface area contributed by atoms with Crippen LogP contribution < -0.4 is 0 Å². The highest BCUT2D eigenvalue weighted by Gasteiger charge is 2.16. The number of allylic oxidation sites excluding steroid dienone is 10. The second-order valence-electron chi connectivity index (χ2n) is 14.4. The number of aliphatic hydroxyl groups excluding tert-OH is 1. The van der Waals surface area contributed by atoms with Gasteiger partial charge in [-0.15, -0.1) is 0 Å². The molecule has 0 aromatic carbocycles. The summed E-state index contributed by atoms with van der Waals surface area (Å²) in [4.78, 5) is 24.3. The van der Waals surface area contributed by atoms with Crippen LogP contribution in [0, 0.1) is 0 Å². The van der Waals surface area contributed by atoms with Crippen molar-refractivity contribution in [1.82, 2.24) is 0 Å². The number of aliphatic hydroxyl groups is 1. The zero-order chi connectivity index (χ0) is 37.8. The fraction of sp³-hybridized carbons (Fsp3) is 0.745. The van der Waals surface area contributed by atoms with E-state index in [1.165, 1.54) is 116 Å². The molecule has 0 aromatic heterocycles. The van der Waals surface area contributed by atoms with Gasteiger partial charge in [-0.25, -0.2) is 0 Å². The highest BCUT2D eigenvalue weighted by Crippen LogP contribution is 2.15. The minimum absolute atomic E-state index is 0.0882. The van der Waals surface area contributed by atoms with Crippen molar-refractivity contribution < 1.29 is 24.2 Å². The number of ether oxygens (including phenoxy) is 2. The zero-order valence-electron chi connectivity index (χ0n) is 34.1. The third-order valence-corrected chi connectivity index (χ3v) is 9.33. The van der Waals surface area contributed by atoms with E-state index < -0.39 is 6.10 Å². The largest absolute Gasteiger partial charge is 0.462 e. The molecule has 5 nitrogen and oxygen atoms in total. The van der Waals surface area contributed by atoms with Crippen molar-refractivity contribution in [2.24, 2.45) is 0 Å². The van der Waals surface area contributed by atoms with Gasteiger partial charge in [-0.2, -0.15) is 0 Å². The molecule has 0 amide bonds. The Morgan fingerprint density at radius 1 is 0.462 bits per heavy atom. The van der Waals surface area contributed by atoms with Gasteiger partial charge in [0.2, 0.25) is 0 Å². The number of esters is 2. The summed E-state index contributed by atoms with van der Waals surface area (Å²) >= 11 is 0. The molecule has 0 saturated carbocycles. The van der Waals surface area contributed by atoms with Crippen molar-refractivity contribution in [1.29, 1.82) is 0 Å². The summed E-state index contributed by atoms with van der Waals surface area (Å²) in [5, 5.41) is 9.57. The standard InChI is InChI=1S/C47H82O5/c1-3-5-7-9-11-13-15-17-19-21-22-23-24-26-27-29-31-33-35-37-39-41-46(49)51-44-45(43-48)52-47(50)42-40-38-36-34-32-30-28-25-20-18-16-14-12-10-8-6-4-2/h6,8,12,14,18,20,28,30,34,36,45,48H,3-5,7,9-11,13,15-17,19,21-27,29,31-33,35,37-44H2,1-2H3/b8-6-,14-12-,20-18-,30-28-,36-34-. The molecule has 0 aliphatic heterocycles. The van der Waals surface area contributed by atoms with Gasteiger partial charge in [0.05, 0.1) is 6.61 Å². The van der Waals surface area contributed by atoms with Crippen LogP contribution in [0.25, 0.3) is 0 Å². The van der Waals surface area contributed by atoms with E-state index in [1.807, 2.05) is 0 Å². The molecule has 0 radical (unpaired) electrons. The van der Waals surface area contributed by atoms with E-state index >= 15 is 0 Å². The SMILES string of the molecule is CC/C=C\C/C=C\C/C=C\C/C=C\C/C=C\CCCC(=O)OC(CO)COC(=O)CCCCCCCCCCCCCCCCCCCCCCC. The number of carbonyl (C=O) groups excluding carboxylic acids is 2. The first-order valence-corrected chi connectivity index (χ1v) is 21.8. The average Bonchev–Trinajstić information content (AvgIpc) is 3.15. The lowest BCUT2D eigenvalue weighted by atomic mass is 10.0. The Balaban J connectivity index is 3.58. The topological polar surface area (TPSA) is 72.8 Å². The quantitative estimate of drug-likeness (QED) is 0.0388. The maximum absolute atomic E-state index is 12.2. The van der Waals surface area contributed by atoms with Gasteiger partial charge < -0.3 is 14.6 Å². The van der Waals surface area contributed by atoms with Gasteiger partial charge >= 0.3 is 11.9 Å². The molecular weight excluding hydrogens is 645 g/mol. The summed E-state index contributed by atoms with van der Waals surface area (Å²) in [5.74, 6) is -0.655. The van der Waals surface area contributed by atoms with Gasteiger partial charge in [-0.3, -0.25) is 9.59 Å². The van der Waals surface area contributed by atoms with E-state index in [1.54, 1.807) is 0 Å². The van der Waals surface area contributed by atoms with Crippen molar-refractivity contribution in [2.75, 3.05) is 13.2 Å². The average molecular weight is 727 g/mol. The fourth-order valence-electron chi connectivity index (χ4n) is 6.06. The Hall–Kier alpha value is -2.40. The number of hydrogen-bond donors (Lipinski definition) is 1. The Morgan fingerprint density at radius 3 is 1.23 bits per heavy atom. The van der Waals surface area contributed by atoms with Crippen molar-refractivity contribution in [3.05, 3.63) is 60.8 Å². The van der Waals surface area contributed by atoms with Crippen LogP contribution in [0.2, 0.25) is 0 Å². The molecule has 0 fully saturated rings. The first kappa shape index (κ1) is 49.6. The lowest BCUT2D eigenvalue weighted by Crippen LogP contribution is -2.28. The molecule has 0 aromatic rings. The molecular formula is C47H82O5. The highest BCUT2D eigenvalue weighted by atomic mass is 16.6. The molecule has 1 atom stereocenters. The summed E-state index contributed by atoms with van der Waals surface area (Å²) in [7, 11) is 0. The first-order valence-electron chi connectivity index (χ1n) is 21.8. The number of carbonyl (C=O) groups is 2. The first-order chi connectivity index (χ1) is 25.6. The fourth-order valence-corrected chi connectivity index (χ4v) is 6.06. The summed E-state index contributed by atoms with van der Waals surface area (Å²) < 4.78 is 10.6. The third kappa shape index (κ3) is 40.4. The van der Waals surface area contributed by atoms with Crippen LogP contribution in [0.5, 0.6) is 0 Å². The van der Waals surface area contributed by atoms with E-state index in [9.17, 15) is 14.7 Å². The molecule has 5 heteroatoms. The Labute approximate surface area is 321 Å². The summed E-state index contributed by atoms with van der Waals surface area (Å²) in [6.07, 6.45) is 55.9. The minimum Gasteiger partial charge on any atom is -0.462 e. The van der Waals surface area contributed by atoms with Gasteiger partial charge in [0.25, 0.3) is 0 Å². The second kappa shape index (κ2) is 43.0. The summed E-state index contributed by atoms with van der Waals surface area (Å²) in [6, 6.07) is 0. The van der Waals surface area contributed by atoms with Crippen LogP contribution in [0.4, 0.5) is 0 Å². The molecule has 0 aliphatic carbocycles. The van der Waals surface area contributed by atoms with Crippen LogP contribution >= 0.6 is 0 Å². The van der Waals surface area contributed by atoms with Crippen LogP contribution in [0.3, 0.4) is 0 Å². The van der Waals surface area contributed by atoms with Crippen molar-refractivity contribution in [3.8, 4) is 0 Å². The molecule has 1 unspecified atom stereocenters. The Bertz CT molecular complexity index is 915. The van der Waals surface area contributed by atoms with Crippen LogP contribution in [-0.4, -0.2) is 36.4 Å². The lowest BCUT2D eigenvalue weighted by molar-refractivity contribution is -0.161. The summed E-state index contributed by atoms with van der Waals surface area (Å²) in [6.45, 7) is 3.99. The highest BCUT2D eigenvalue weighted by molar-refractivity contribution is 5.70. The van der Waals surface area contributed by atoms with E-state index in [-0.39, 0.29) is 31.6 Å². The summed E-state index contributed by atoms with van der Waals surface area (Å²) in [5.41, 5.74) is 0. The van der Waals surface area contributed by atoms with Crippen molar-refractivity contribution in [2.45, 2.75) is 213 Å². The normalized spacial score (nSPS) is 12.8. The molecule has 300 valence electrons. The molecule has 0 bridgehead atoms. The molecule has 1 N–H and O–H groups in total.